The average Bonchev–Trinajstić information content (AvgIpc) is 2.76. The van der Waals surface area contributed by atoms with E-state index in [2.05, 4.69) is 5.32 Å². The molecule has 2 rings (SSSR count). The zero-order valence-corrected chi connectivity index (χ0v) is 17.8. The summed E-state index contributed by atoms with van der Waals surface area (Å²) in [6.07, 6.45) is 0.906. The molecule has 31 heavy (non-hydrogen) atoms. The Kier molecular flexibility index (Phi) is 8.80. The fourth-order valence-electron chi connectivity index (χ4n) is 2.80. The van der Waals surface area contributed by atoms with E-state index in [4.69, 9.17) is 14.2 Å². The molecule has 0 aliphatic carbocycles. The van der Waals surface area contributed by atoms with Gasteiger partial charge in [0, 0.05) is 12.5 Å². The maximum Gasteiger partial charge on any atom is 0.345 e. The van der Waals surface area contributed by atoms with Crippen LogP contribution in [0.15, 0.2) is 36.4 Å². The number of nitro benzene ring substituents is 1. The molecule has 0 saturated heterocycles. The first-order valence-electron chi connectivity index (χ1n) is 9.84. The highest BCUT2D eigenvalue weighted by atomic mass is 16.6. The molecule has 0 aliphatic heterocycles. The maximum atomic E-state index is 12.4. The second kappa shape index (κ2) is 11.5. The van der Waals surface area contributed by atoms with Crippen molar-refractivity contribution in [2.75, 3.05) is 26.9 Å². The van der Waals surface area contributed by atoms with Gasteiger partial charge in [-0.25, -0.2) is 4.79 Å². The SMILES string of the molecule is CCOc1cc(C(=O)OCCNC(=O)CCc2ccc(C)cc2)c([N+](=O)[O-])cc1OC. The molecule has 0 saturated carbocycles. The largest absolute Gasteiger partial charge is 0.493 e. The highest BCUT2D eigenvalue weighted by molar-refractivity contribution is 5.95. The van der Waals surface area contributed by atoms with Gasteiger partial charge >= 0.3 is 5.97 Å². The molecule has 0 aromatic heterocycles. The van der Waals surface area contributed by atoms with E-state index >= 15 is 0 Å². The minimum Gasteiger partial charge on any atom is -0.493 e. The monoisotopic (exact) mass is 430 g/mol. The van der Waals surface area contributed by atoms with E-state index in [1.165, 1.54) is 13.2 Å². The summed E-state index contributed by atoms with van der Waals surface area (Å²) >= 11 is 0. The van der Waals surface area contributed by atoms with E-state index in [9.17, 15) is 19.7 Å². The van der Waals surface area contributed by atoms with E-state index < -0.39 is 16.6 Å². The summed E-state index contributed by atoms with van der Waals surface area (Å²) in [6.45, 7) is 4.00. The first kappa shape index (κ1) is 23.7. The van der Waals surface area contributed by atoms with E-state index in [0.29, 0.717) is 12.8 Å². The van der Waals surface area contributed by atoms with Gasteiger partial charge in [-0.05, 0) is 25.8 Å². The Morgan fingerprint density at radius 1 is 1.13 bits per heavy atom. The van der Waals surface area contributed by atoms with Crippen LogP contribution >= 0.6 is 0 Å². The second-order valence-electron chi connectivity index (χ2n) is 6.68. The van der Waals surface area contributed by atoms with E-state index in [-0.39, 0.29) is 42.7 Å². The molecule has 0 unspecified atom stereocenters. The van der Waals surface area contributed by atoms with Gasteiger partial charge in [-0.1, -0.05) is 29.8 Å². The van der Waals surface area contributed by atoms with Gasteiger partial charge in [0.25, 0.3) is 5.69 Å². The average molecular weight is 430 g/mol. The normalized spacial score (nSPS) is 10.3. The molecule has 2 aromatic carbocycles. The van der Waals surface area contributed by atoms with E-state index in [1.54, 1.807) is 6.92 Å². The predicted octanol–water partition coefficient (Wildman–Crippen LogP) is 3.22. The van der Waals surface area contributed by atoms with Gasteiger partial charge < -0.3 is 19.5 Å². The van der Waals surface area contributed by atoms with Gasteiger partial charge in [-0.15, -0.1) is 0 Å². The lowest BCUT2D eigenvalue weighted by Crippen LogP contribution is -2.28. The minimum atomic E-state index is -0.885. The number of carbonyl (C=O) groups excluding carboxylic acids is 2. The molecular weight excluding hydrogens is 404 g/mol. The van der Waals surface area contributed by atoms with Gasteiger partial charge in [0.2, 0.25) is 5.91 Å². The highest BCUT2D eigenvalue weighted by Gasteiger charge is 2.25. The number of carbonyl (C=O) groups is 2. The molecule has 0 fully saturated rings. The fourth-order valence-corrected chi connectivity index (χ4v) is 2.80. The number of methoxy groups -OCH3 is 1. The number of hydrogen-bond acceptors (Lipinski definition) is 7. The van der Waals surface area contributed by atoms with Crippen molar-refractivity contribution >= 4 is 17.6 Å². The van der Waals surface area contributed by atoms with Crippen LogP contribution in [0.4, 0.5) is 5.69 Å². The van der Waals surface area contributed by atoms with Crippen LogP contribution in [0.3, 0.4) is 0 Å². The van der Waals surface area contributed by atoms with Crippen molar-refractivity contribution in [1.82, 2.24) is 5.32 Å². The van der Waals surface area contributed by atoms with Crippen LogP contribution in [-0.4, -0.2) is 43.7 Å². The van der Waals surface area contributed by atoms with Crippen LogP contribution in [0.1, 0.15) is 34.8 Å². The molecule has 1 amide bonds. The number of esters is 1. The summed E-state index contributed by atoms with van der Waals surface area (Å²) < 4.78 is 15.5. The first-order chi connectivity index (χ1) is 14.8. The topological polar surface area (TPSA) is 117 Å². The molecule has 0 atom stereocenters. The number of ether oxygens (including phenoxy) is 3. The van der Waals surface area contributed by atoms with Gasteiger partial charge in [0.1, 0.15) is 12.2 Å². The van der Waals surface area contributed by atoms with Crippen LogP contribution in [0.2, 0.25) is 0 Å². The van der Waals surface area contributed by atoms with Crippen LogP contribution in [-0.2, 0) is 16.0 Å². The molecule has 9 heteroatoms. The van der Waals surface area contributed by atoms with Gasteiger partial charge in [-0.2, -0.15) is 0 Å². The van der Waals surface area contributed by atoms with Gasteiger partial charge in [-0.3, -0.25) is 14.9 Å². The van der Waals surface area contributed by atoms with E-state index in [1.807, 2.05) is 31.2 Å². The molecule has 0 spiro atoms. The molecule has 2 aromatic rings. The van der Waals surface area contributed by atoms with Crippen molar-refractivity contribution in [2.24, 2.45) is 0 Å². The lowest BCUT2D eigenvalue weighted by molar-refractivity contribution is -0.385. The molecule has 9 nitrogen and oxygen atoms in total. The smallest absolute Gasteiger partial charge is 0.345 e. The number of rotatable bonds is 11. The zero-order chi connectivity index (χ0) is 22.8. The first-order valence-corrected chi connectivity index (χ1v) is 9.84. The van der Waals surface area contributed by atoms with Crippen molar-refractivity contribution in [3.8, 4) is 11.5 Å². The number of hydrogen-bond donors (Lipinski definition) is 1. The Labute approximate surface area is 180 Å². The quantitative estimate of drug-likeness (QED) is 0.252. The third kappa shape index (κ3) is 6.98. The summed E-state index contributed by atoms with van der Waals surface area (Å²) in [6, 6.07) is 10.3. The summed E-state index contributed by atoms with van der Waals surface area (Å²) in [5, 5.41) is 14.0. The summed E-state index contributed by atoms with van der Waals surface area (Å²) in [4.78, 5) is 35.0. The van der Waals surface area contributed by atoms with Crippen LogP contribution in [0.25, 0.3) is 0 Å². The summed E-state index contributed by atoms with van der Waals surface area (Å²) in [5.74, 6) is -0.715. The lowest BCUT2D eigenvalue weighted by Gasteiger charge is -2.12. The van der Waals surface area contributed by atoms with Gasteiger partial charge in [0.15, 0.2) is 11.5 Å². The Morgan fingerprint density at radius 2 is 1.84 bits per heavy atom. The van der Waals surface area contributed by atoms with Crippen molar-refractivity contribution in [1.29, 1.82) is 0 Å². The molecule has 166 valence electrons. The second-order valence-corrected chi connectivity index (χ2v) is 6.68. The van der Waals surface area contributed by atoms with Crippen LogP contribution in [0.5, 0.6) is 11.5 Å². The number of nitrogens with one attached hydrogen (secondary N) is 1. The van der Waals surface area contributed by atoms with E-state index in [0.717, 1.165) is 17.2 Å². The van der Waals surface area contributed by atoms with Crippen LogP contribution < -0.4 is 14.8 Å². The molecule has 1 N–H and O–H groups in total. The zero-order valence-electron chi connectivity index (χ0n) is 17.8. The number of benzene rings is 2. The molecule has 0 aliphatic rings. The number of nitro groups is 1. The molecule has 0 radical (unpaired) electrons. The Balaban J connectivity index is 1.88. The third-order valence-corrected chi connectivity index (χ3v) is 4.42. The Morgan fingerprint density at radius 3 is 2.45 bits per heavy atom. The third-order valence-electron chi connectivity index (χ3n) is 4.42. The van der Waals surface area contributed by atoms with Crippen molar-refractivity contribution in [3.05, 3.63) is 63.2 Å². The lowest BCUT2D eigenvalue weighted by atomic mass is 10.1. The summed E-state index contributed by atoms with van der Waals surface area (Å²) in [5.41, 5.74) is 1.51. The predicted molar refractivity (Wildman–Crippen MR) is 114 cm³/mol. The fraction of sp³-hybridized carbons (Fsp3) is 0.364. The highest BCUT2D eigenvalue weighted by Crippen LogP contribution is 2.35. The number of aryl methyl sites for hydroxylation is 2. The van der Waals surface area contributed by atoms with Crippen molar-refractivity contribution in [2.45, 2.75) is 26.7 Å². The Hall–Kier alpha value is -3.62. The standard InChI is InChI=1S/C22H26N2O7/c1-4-30-20-13-17(18(24(27)28)14-19(20)29-3)22(26)31-12-11-23-21(25)10-9-16-7-5-15(2)6-8-16/h5-8,13-14H,4,9-12H2,1-3H3,(H,23,25). The maximum absolute atomic E-state index is 12.4. The van der Waals surface area contributed by atoms with Crippen LogP contribution in [0, 0.1) is 17.0 Å². The molecule has 0 heterocycles. The van der Waals surface area contributed by atoms with Crippen molar-refractivity contribution in [3.63, 3.8) is 0 Å². The molecule has 0 bridgehead atoms. The Bertz CT molecular complexity index is 926. The van der Waals surface area contributed by atoms with Gasteiger partial charge in [0.05, 0.1) is 31.3 Å². The summed E-state index contributed by atoms with van der Waals surface area (Å²) in [7, 11) is 1.35. The van der Waals surface area contributed by atoms with Crippen molar-refractivity contribution < 1.29 is 28.7 Å². The molecular formula is C22H26N2O7. The number of amides is 1. The number of nitrogens with zero attached hydrogens (tertiary/aromatic N) is 1. The minimum absolute atomic E-state index is 0.0980.